The first-order valence-corrected chi connectivity index (χ1v) is 11.6. The van der Waals surface area contributed by atoms with Crippen LogP contribution in [0.2, 0.25) is 0 Å². The highest BCUT2D eigenvalue weighted by atomic mass is 32.1. The van der Waals surface area contributed by atoms with E-state index in [2.05, 4.69) is 21.2 Å². The Labute approximate surface area is 179 Å². The van der Waals surface area contributed by atoms with Crippen molar-refractivity contribution in [1.82, 2.24) is 20.0 Å². The fourth-order valence-electron chi connectivity index (χ4n) is 4.34. The van der Waals surface area contributed by atoms with Crippen LogP contribution in [-0.4, -0.2) is 52.2 Å². The van der Waals surface area contributed by atoms with Gasteiger partial charge in [0.1, 0.15) is 0 Å². The van der Waals surface area contributed by atoms with Crippen molar-refractivity contribution in [3.05, 3.63) is 41.0 Å². The third-order valence-corrected chi connectivity index (χ3v) is 7.15. The number of amides is 1. The van der Waals surface area contributed by atoms with Gasteiger partial charge in [0.25, 0.3) is 0 Å². The number of fused-ring (bicyclic) bond motifs is 1. The SMILES string of the molecule is O=C(CCc1nc2ccccc2s1)N1CCC(Cc2noc(C3CCOCC3)n2)C1. The zero-order valence-corrected chi connectivity index (χ0v) is 17.8. The zero-order chi connectivity index (χ0) is 20.3. The molecule has 3 aromatic rings. The van der Waals surface area contributed by atoms with Crippen LogP contribution in [0.5, 0.6) is 0 Å². The fourth-order valence-corrected chi connectivity index (χ4v) is 5.31. The molecule has 0 bridgehead atoms. The molecule has 0 saturated carbocycles. The quantitative estimate of drug-likeness (QED) is 0.599. The first-order chi connectivity index (χ1) is 14.7. The molecule has 1 atom stereocenters. The number of likely N-dealkylation sites (tertiary alicyclic amines) is 1. The maximum Gasteiger partial charge on any atom is 0.229 e. The Kier molecular flexibility index (Phi) is 5.77. The fraction of sp³-hybridized carbons (Fsp3) is 0.545. The van der Waals surface area contributed by atoms with Crippen LogP contribution in [-0.2, 0) is 22.4 Å². The van der Waals surface area contributed by atoms with E-state index in [0.717, 1.165) is 74.2 Å². The molecule has 2 saturated heterocycles. The van der Waals surface area contributed by atoms with Crippen molar-refractivity contribution in [3.63, 3.8) is 0 Å². The van der Waals surface area contributed by atoms with Gasteiger partial charge in [-0.15, -0.1) is 11.3 Å². The molecule has 4 heterocycles. The number of rotatable bonds is 6. The number of aromatic nitrogens is 3. The van der Waals surface area contributed by atoms with Crippen molar-refractivity contribution in [3.8, 4) is 0 Å². The van der Waals surface area contributed by atoms with E-state index in [1.807, 2.05) is 23.1 Å². The van der Waals surface area contributed by atoms with Crippen LogP contribution in [0.25, 0.3) is 10.2 Å². The number of carbonyl (C=O) groups is 1. The molecule has 5 rings (SSSR count). The Hall–Kier alpha value is -2.32. The highest BCUT2D eigenvalue weighted by Gasteiger charge is 2.28. The molecule has 30 heavy (non-hydrogen) atoms. The summed E-state index contributed by atoms with van der Waals surface area (Å²) in [6, 6.07) is 8.12. The Morgan fingerprint density at radius 1 is 1.17 bits per heavy atom. The first-order valence-electron chi connectivity index (χ1n) is 10.8. The Bertz CT molecular complexity index is 978. The lowest BCUT2D eigenvalue weighted by Gasteiger charge is -2.18. The van der Waals surface area contributed by atoms with Gasteiger partial charge in [-0.1, -0.05) is 17.3 Å². The molecule has 0 radical (unpaired) electrons. The summed E-state index contributed by atoms with van der Waals surface area (Å²) in [6.07, 6.45) is 4.88. The second-order valence-corrected chi connectivity index (χ2v) is 9.32. The number of para-hydroxylation sites is 1. The van der Waals surface area contributed by atoms with E-state index in [-0.39, 0.29) is 5.91 Å². The van der Waals surface area contributed by atoms with Crippen molar-refractivity contribution in [2.24, 2.45) is 5.92 Å². The maximum atomic E-state index is 12.7. The molecule has 8 heteroatoms. The van der Waals surface area contributed by atoms with Crippen LogP contribution in [0, 0.1) is 5.92 Å². The molecule has 0 spiro atoms. The average Bonchev–Trinajstić information content (AvgIpc) is 3.52. The molecular formula is C22H26N4O3S. The summed E-state index contributed by atoms with van der Waals surface area (Å²) >= 11 is 1.68. The largest absolute Gasteiger partial charge is 0.381 e. The van der Waals surface area contributed by atoms with Gasteiger partial charge in [-0.25, -0.2) is 4.98 Å². The minimum absolute atomic E-state index is 0.216. The summed E-state index contributed by atoms with van der Waals surface area (Å²) in [5, 5.41) is 5.22. The Morgan fingerprint density at radius 2 is 2.03 bits per heavy atom. The summed E-state index contributed by atoms with van der Waals surface area (Å²) in [4.78, 5) is 23.9. The molecule has 0 aliphatic carbocycles. The molecule has 1 amide bonds. The van der Waals surface area contributed by atoms with Crippen molar-refractivity contribution >= 4 is 27.5 Å². The van der Waals surface area contributed by atoms with E-state index in [0.29, 0.717) is 24.7 Å². The van der Waals surface area contributed by atoms with Gasteiger partial charge in [0.2, 0.25) is 11.8 Å². The van der Waals surface area contributed by atoms with Gasteiger partial charge < -0.3 is 14.2 Å². The van der Waals surface area contributed by atoms with Crippen molar-refractivity contribution in [1.29, 1.82) is 0 Å². The van der Waals surface area contributed by atoms with E-state index in [1.54, 1.807) is 11.3 Å². The van der Waals surface area contributed by atoms with Crippen LogP contribution in [0.1, 0.15) is 48.3 Å². The summed E-state index contributed by atoms with van der Waals surface area (Å²) in [5.41, 5.74) is 1.02. The third kappa shape index (κ3) is 4.39. The van der Waals surface area contributed by atoms with E-state index in [4.69, 9.17) is 9.26 Å². The monoisotopic (exact) mass is 426 g/mol. The van der Waals surface area contributed by atoms with Crippen LogP contribution in [0.15, 0.2) is 28.8 Å². The summed E-state index contributed by atoms with van der Waals surface area (Å²) in [5.74, 6) is 2.45. The number of thiazole rings is 1. The summed E-state index contributed by atoms with van der Waals surface area (Å²) < 4.78 is 12.1. The van der Waals surface area contributed by atoms with Gasteiger partial charge in [-0.05, 0) is 37.3 Å². The number of nitrogens with zero attached hydrogens (tertiary/aromatic N) is 4. The lowest BCUT2D eigenvalue weighted by molar-refractivity contribution is -0.130. The molecule has 1 aromatic carbocycles. The molecule has 2 aliphatic rings. The highest BCUT2D eigenvalue weighted by molar-refractivity contribution is 7.18. The number of hydrogen-bond acceptors (Lipinski definition) is 7. The smallest absolute Gasteiger partial charge is 0.229 e. The lowest BCUT2D eigenvalue weighted by Crippen LogP contribution is -2.29. The average molecular weight is 427 g/mol. The Balaban J connectivity index is 1.11. The van der Waals surface area contributed by atoms with Gasteiger partial charge in [0.15, 0.2) is 5.82 Å². The van der Waals surface area contributed by atoms with Gasteiger partial charge in [-0.2, -0.15) is 4.98 Å². The van der Waals surface area contributed by atoms with Gasteiger partial charge >= 0.3 is 0 Å². The van der Waals surface area contributed by atoms with Crippen LogP contribution in [0.4, 0.5) is 0 Å². The Morgan fingerprint density at radius 3 is 2.90 bits per heavy atom. The highest BCUT2D eigenvalue weighted by Crippen LogP contribution is 2.27. The van der Waals surface area contributed by atoms with E-state index in [9.17, 15) is 4.79 Å². The topological polar surface area (TPSA) is 81.4 Å². The second-order valence-electron chi connectivity index (χ2n) is 8.21. The van der Waals surface area contributed by atoms with Gasteiger partial charge in [0.05, 0.1) is 15.2 Å². The molecule has 2 aliphatic heterocycles. The molecule has 2 fully saturated rings. The maximum absolute atomic E-state index is 12.7. The minimum Gasteiger partial charge on any atom is -0.381 e. The predicted octanol–water partition coefficient (Wildman–Crippen LogP) is 3.60. The summed E-state index contributed by atoms with van der Waals surface area (Å²) in [6.45, 7) is 3.12. The molecule has 158 valence electrons. The zero-order valence-electron chi connectivity index (χ0n) is 17.0. The number of ether oxygens (including phenoxy) is 1. The molecular weight excluding hydrogens is 400 g/mol. The van der Waals surface area contributed by atoms with Crippen LogP contribution < -0.4 is 0 Å². The number of aryl methyl sites for hydroxylation is 1. The number of hydrogen-bond donors (Lipinski definition) is 0. The van der Waals surface area contributed by atoms with Gasteiger partial charge in [0, 0.05) is 51.5 Å². The molecule has 2 aromatic heterocycles. The standard InChI is InChI=1S/C22H26N4O3S/c27-21(6-5-20-23-17-3-1-2-4-18(17)30-20)26-10-7-15(14-26)13-19-24-22(29-25-19)16-8-11-28-12-9-16/h1-4,15-16H,5-14H2. The van der Waals surface area contributed by atoms with Crippen LogP contribution in [0.3, 0.4) is 0 Å². The number of benzene rings is 1. The molecule has 7 nitrogen and oxygen atoms in total. The van der Waals surface area contributed by atoms with E-state index < -0.39 is 0 Å². The van der Waals surface area contributed by atoms with Crippen molar-refractivity contribution in [2.45, 2.75) is 44.4 Å². The van der Waals surface area contributed by atoms with Crippen molar-refractivity contribution in [2.75, 3.05) is 26.3 Å². The first kappa shape index (κ1) is 19.6. The second kappa shape index (κ2) is 8.81. The summed E-state index contributed by atoms with van der Waals surface area (Å²) in [7, 11) is 0. The minimum atomic E-state index is 0.216. The van der Waals surface area contributed by atoms with Crippen LogP contribution >= 0.6 is 11.3 Å². The van der Waals surface area contributed by atoms with Gasteiger partial charge in [-0.3, -0.25) is 4.79 Å². The number of carbonyl (C=O) groups excluding carboxylic acids is 1. The van der Waals surface area contributed by atoms with E-state index >= 15 is 0 Å². The third-order valence-electron chi connectivity index (χ3n) is 6.06. The normalized spacial score (nSPS) is 20.3. The van der Waals surface area contributed by atoms with E-state index in [1.165, 1.54) is 4.70 Å². The molecule has 0 N–H and O–H groups in total. The predicted molar refractivity (Wildman–Crippen MR) is 113 cm³/mol. The van der Waals surface area contributed by atoms with Crippen molar-refractivity contribution < 1.29 is 14.1 Å². The molecule has 1 unspecified atom stereocenters. The lowest BCUT2D eigenvalue weighted by atomic mass is 10.0.